The predicted octanol–water partition coefficient (Wildman–Crippen LogP) is 9.68. The van der Waals surface area contributed by atoms with E-state index in [2.05, 4.69) is 19.1 Å². The molecule has 5 atom stereocenters. The molecular weight excluding hydrogens is 524 g/mol. The molecule has 0 saturated carbocycles. The van der Waals surface area contributed by atoms with Gasteiger partial charge in [-0.1, -0.05) is 122 Å². The van der Waals surface area contributed by atoms with Crippen LogP contribution in [0.25, 0.3) is 0 Å². The molecule has 0 aromatic carbocycles. The number of carbonyl (C=O) groups excluding carboxylic acids is 1. The van der Waals surface area contributed by atoms with Gasteiger partial charge in [-0.3, -0.25) is 0 Å². The van der Waals surface area contributed by atoms with E-state index in [0.717, 1.165) is 69.8 Å². The maximum Gasteiger partial charge on any atom is 0.334 e. The minimum Gasteiger partial charge on any atom is -0.455 e. The van der Waals surface area contributed by atoms with Crippen molar-refractivity contribution < 1.29 is 24.5 Å². The van der Waals surface area contributed by atoms with Crippen molar-refractivity contribution in [3.05, 3.63) is 23.8 Å². The molecule has 244 valence electrons. The van der Waals surface area contributed by atoms with Crippen molar-refractivity contribution in [1.82, 2.24) is 0 Å². The summed E-state index contributed by atoms with van der Waals surface area (Å²) in [5.74, 6) is -0.128. The lowest BCUT2D eigenvalue weighted by Gasteiger charge is -2.22. The van der Waals surface area contributed by atoms with Gasteiger partial charge in [0.15, 0.2) is 0 Å². The fourth-order valence-corrected chi connectivity index (χ4v) is 6.42. The van der Waals surface area contributed by atoms with Gasteiger partial charge in [0, 0.05) is 5.57 Å². The minimum atomic E-state index is -0.434. The van der Waals surface area contributed by atoms with E-state index in [0.29, 0.717) is 0 Å². The highest BCUT2D eigenvalue weighted by Crippen LogP contribution is 2.28. The SMILES string of the molecule is CCCCCCCCCCCC/C=C\CC[C@H](O)[C@@H]1CC[C@@H]([C@@H](O)CCCCCCCCCCC2=CC(C)OC2=O)O1. The maximum atomic E-state index is 11.6. The number of rotatable bonds is 27. The van der Waals surface area contributed by atoms with Gasteiger partial charge in [-0.2, -0.15) is 0 Å². The highest BCUT2D eigenvalue weighted by molar-refractivity contribution is 5.90. The van der Waals surface area contributed by atoms with Crippen molar-refractivity contribution in [3.63, 3.8) is 0 Å². The molecule has 5 nitrogen and oxygen atoms in total. The second kappa shape index (κ2) is 24.2. The van der Waals surface area contributed by atoms with Crippen LogP contribution in [-0.4, -0.2) is 46.7 Å². The van der Waals surface area contributed by atoms with Crippen molar-refractivity contribution in [2.75, 3.05) is 0 Å². The Balaban J connectivity index is 1.37. The summed E-state index contributed by atoms with van der Waals surface area (Å²) in [5.41, 5.74) is 0.857. The quantitative estimate of drug-likeness (QED) is 0.0566. The number of carbonyl (C=O) groups is 1. The topological polar surface area (TPSA) is 76.0 Å². The first-order valence-electron chi connectivity index (χ1n) is 18.1. The number of hydrogen-bond donors (Lipinski definition) is 2. The average molecular weight is 591 g/mol. The van der Waals surface area contributed by atoms with Gasteiger partial charge in [0.1, 0.15) is 6.10 Å². The van der Waals surface area contributed by atoms with Gasteiger partial charge >= 0.3 is 5.97 Å². The maximum absolute atomic E-state index is 11.6. The Labute approximate surface area is 258 Å². The molecule has 1 unspecified atom stereocenters. The number of unbranched alkanes of at least 4 members (excludes halogenated alkanes) is 17. The fraction of sp³-hybridized carbons (Fsp3) is 0.865. The van der Waals surface area contributed by atoms with E-state index in [-0.39, 0.29) is 24.3 Å². The zero-order valence-corrected chi connectivity index (χ0v) is 27.4. The number of aliphatic hydroxyl groups excluding tert-OH is 2. The third-order valence-electron chi connectivity index (χ3n) is 9.15. The summed E-state index contributed by atoms with van der Waals surface area (Å²) in [6.07, 6.45) is 34.5. The summed E-state index contributed by atoms with van der Waals surface area (Å²) < 4.78 is 11.2. The lowest BCUT2D eigenvalue weighted by atomic mass is 10.0. The van der Waals surface area contributed by atoms with Crippen LogP contribution in [0.1, 0.15) is 174 Å². The van der Waals surface area contributed by atoms with Crippen LogP contribution in [0, 0.1) is 0 Å². The molecule has 0 radical (unpaired) electrons. The van der Waals surface area contributed by atoms with Crippen LogP contribution >= 0.6 is 0 Å². The van der Waals surface area contributed by atoms with E-state index < -0.39 is 12.2 Å². The van der Waals surface area contributed by atoms with Crippen LogP contribution in [0.3, 0.4) is 0 Å². The largest absolute Gasteiger partial charge is 0.455 e. The standard InChI is InChI=1S/C37H66O5/c1-3-4-5-6-7-8-9-10-11-12-13-17-20-23-26-33(38)35-28-29-36(42-35)34(39)27-24-21-18-15-14-16-19-22-25-32-30-31(2)41-37(32)40/h17,20,30-31,33-36,38-39H,3-16,18-19,21-29H2,1-2H3/b20-17-/t31?,33-,34-,35-,36-/m0/s1. The third kappa shape index (κ3) is 17.2. The van der Waals surface area contributed by atoms with Crippen LogP contribution in [0.15, 0.2) is 23.8 Å². The highest BCUT2D eigenvalue weighted by atomic mass is 16.5. The van der Waals surface area contributed by atoms with Crippen molar-refractivity contribution >= 4 is 5.97 Å². The molecule has 1 fully saturated rings. The van der Waals surface area contributed by atoms with E-state index in [1.165, 1.54) is 96.3 Å². The highest BCUT2D eigenvalue weighted by Gasteiger charge is 2.33. The number of hydrogen-bond acceptors (Lipinski definition) is 5. The second-order valence-electron chi connectivity index (χ2n) is 13.1. The molecule has 0 bridgehead atoms. The van der Waals surface area contributed by atoms with Crippen LogP contribution < -0.4 is 0 Å². The normalized spacial score (nSPS) is 22.1. The monoisotopic (exact) mass is 590 g/mol. The molecule has 2 N–H and O–H groups in total. The fourth-order valence-electron chi connectivity index (χ4n) is 6.42. The van der Waals surface area contributed by atoms with E-state index in [4.69, 9.17) is 9.47 Å². The Morgan fingerprint density at radius 3 is 1.79 bits per heavy atom. The van der Waals surface area contributed by atoms with Gasteiger partial charge in [-0.25, -0.2) is 4.79 Å². The number of cyclic esters (lactones) is 1. The van der Waals surface area contributed by atoms with E-state index in [1.54, 1.807) is 0 Å². The third-order valence-corrected chi connectivity index (χ3v) is 9.15. The molecule has 42 heavy (non-hydrogen) atoms. The second-order valence-corrected chi connectivity index (χ2v) is 13.1. The Hall–Kier alpha value is -1.17. The summed E-state index contributed by atoms with van der Waals surface area (Å²) in [6.45, 7) is 4.18. The van der Waals surface area contributed by atoms with Crippen molar-refractivity contribution in [2.24, 2.45) is 0 Å². The van der Waals surface area contributed by atoms with Crippen LogP contribution in [0.4, 0.5) is 0 Å². The number of aliphatic hydroxyl groups is 2. The molecule has 0 aromatic rings. The lowest BCUT2D eigenvalue weighted by molar-refractivity contribution is -0.139. The average Bonchev–Trinajstić information content (AvgIpc) is 3.60. The van der Waals surface area contributed by atoms with Gasteiger partial charge in [0.2, 0.25) is 0 Å². The molecule has 0 aliphatic carbocycles. The van der Waals surface area contributed by atoms with Gasteiger partial charge < -0.3 is 19.7 Å². The predicted molar refractivity (Wildman–Crippen MR) is 175 cm³/mol. The summed E-state index contributed by atoms with van der Waals surface area (Å²) in [7, 11) is 0. The molecule has 2 aliphatic rings. The molecule has 2 heterocycles. The van der Waals surface area contributed by atoms with E-state index >= 15 is 0 Å². The molecule has 5 heteroatoms. The molecule has 0 spiro atoms. The first kappa shape index (κ1) is 37.0. The van der Waals surface area contributed by atoms with Crippen LogP contribution in [0.2, 0.25) is 0 Å². The zero-order chi connectivity index (χ0) is 30.3. The van der Waals surface area contributed by atoms with Crippen molar-refractivity contribution in [2.45, 2.75) is 205 Å². The minimum absolute atomic E-state index is 0.0550. The number of ether oxygens (including phenoxy) is 2. The Bertz CT molecular complexity index is 732. The summed E-state index contributed by atoms with van der Waals surface area (Å²) in [5, 5.41) is 21.2. The molecule has 1 saturated heterocycles. The Morgan fingerprint density at radius 1 is 0.714 bits per heavy atom. The molecule has 0 amide bonds. The molecule has 2 rings (SSSR count). The molecule has 0 aromatic heterocycles. The van der Waals surface area contributed by atoms with Crippen LogP contribution in [0.5, 0.6) is 0 Å². The van der Waals surface area contributed by atoms with Gasteiger partial charge in [0.25, 0.3) is 0 Å². The first-order chi connectivity index (χ1) is 20.5. The number of esters is 1. The van der Waals surface area contributed by atoms with Crippen molar-refractivity contribution in [3.8, 4) is 0 Å². The smallest absolute Gasteiger partial charge is 0.334 e. The van der Waals surface area contributed by atoms with Crippen LogP contribution in [-0.2, 0) is 14.3 Å². The summed E-state index contributed by atoms with van der Waals surface area (Å²) in [6, 6.07) is 0. The molecule has 2 aliphatic heterocycles. The summed E-state index contributed by atoms with van der Waals surface area (Å²) >= 11 is 0. The van der Waals surface area contributed by atoms with Gasteiger partial charge in [-0.05, 0) is 70.8 Å². The first-order valence-corrected chi connectivity index (χ1v) is 18.1. The molecular formula is C37H66O5. The lowest BCUT2D eigenvalue weighted by Crippen LogP contribution is -2.30. The van der Waals surface area contributed by atoms with Gasteiger partial charge in [-0.15, -0.1) is 0 Å². The van der Waals surface area contributed by atoms with E-state index in [1.807, 2.05) is 13.0 Å². The van der Waals surface area contributed by atoms with Gasteiger partial charge in [0.05, 0.1) is 24.4 Å². The Kier molecular flexibility index (Phi) is 21.3. The summed E-state index contributed by atoms with van der Waals surface area (Å²) in [4.78, 5) is 11.6. The zero-order valence-electron chi connectivity index (χ0n) is 27.4. The Morgan fingerprint density at radius 2 is 1.21 bits per heavy atom. The van der Waals surface area contributed by atoms with E-state index in [9.17, 15) is 15.0 Å². The number of allylic oxidation sites excluding steroid dienone is 2. The van der Waals surface area contributed by atoms with Crippen molar-refractivity contribution in [1.29, 1.82) is 0 Å².